The molecule has 41 heavy (non-hydrogen) atoms. The van der Waals surface area contributed by atoms with Gasteiger partial charge in [-0.2, -0.15) is 0 Å². The molecule has 5 rings (SSSR count). The molecular formula is C32H39ClN4O4. The molecule has 0 unspecified atom stereocenters. The van der Waals surface area contributed by atoms with Gasteiger partial charge >= 0.3 is 0 Å². The lowest BCUT2D eigenvalue weighted by molar-refractivity contribution is -0.138. The van der Waals surface area contributed by atoms with Crippen molar-refractivity contribution in [2.45, 2.75) is 74.9 Å². The first-order valence-electron chi connectivity index (χ1n) is 14.7. The molecule has 8 nitrogen and oxygen atoms in total. The normalized spacial score (nSPS) is 23.9. The first kappa shape index (κ1) is 29.1. The molecule has 0 aromatic heterocycles. The van der Waals surface area contributed by atoms with Gasteiger partial charge in [0.15, 0.2) is 0 Å². The molecule has 0 bridgehead atoms. The summed E-state index contributed by atoms with van der Waals surface area (Å²) in [4.78, 5) is 41.3. The predicted molar refractivity (Wildman–Crippen MR) is 160 cm³/mol. The van der Waals surface area contributed by atoms with E-state index in [9.17, 15) is 14.4 Å². The molecule has 2 fully saturated rings. The van der Waals surface area contributed by atoms with Crippen molar-refractivity contribution in [3.8, 4) is 5.75 Å². The van der Waals surface area contributed by atoms with Crippen molar-refractivity contribution in [1.29, 1.82) is 0 Å². The summed E-state index contributed by atoms with van der Waals surface area (Å²) in [5.41, 5.74) is -0.0765. The molecule has 9 heteroatoms. The number of rotatable bonds is 2. The van der Waals surface area contributed by atoms with Crippen molar-refractivity contribution in [2.24, 2.45) is 0 Å². The summed E-state index contributed by atoms with van der Waals surface area (Å²) in [5, 5.41) is 13.2. The molecule has 218 valence electrons. The quantitative estimate of drug-likeness (QED) is 0.432. The number of amides is 3. The van der Waals surface area contributed by atoms with Crippen molar-refractivity contribution >= 4 is 35.4 Å². The number of ether oxygens (including phenoxy) is 1. The Bertz CT molecular complexity index is 1280. The highest BCUT2D eigenvalue weighted by atomic mass is 35.5. The predicted octanol–water partition coefficient (Wildman–Crippen LogP) is 3.92. The molecule has 2 saturated carbocycles. The molecule has 2 spiro atoms. The van der Waals surface area contributed by atoms with Crippen molar-refractivity contribution in [1.82, 2.24) is 21.3 Å². The number of hydrogen-bond acceptors (Lipinski definition) is 5. The molecular weight excluding hydrogens is 540 g/mol. The van der Waals surface area contributed by atoms with Crippen LogP contribution in [0.3, 0.4) is 0 Å². The number of fused-ring (bicyclic) bond motifs is 1. The number of carbonyl (C=O) groups is 3. The molecule has 3 aliphatic rings. The summed E-state index contributed by atoms with van der Waals surface area (Å²) >= 11 is 6.22. The second-order valence-corrected chi connectivity index (χ2v) is 11.8. The zero-order valence-electron chi connectivity index (χ0n) is 23.3. The minimum absolute atomic E-state index is 0.146. The average Bonchev–Trinajstić information content (AvgIpc) is 3.65. The van der Waals surface area contributed by atoms with Gasteiger partial charge in [-0.25, -0.2) is 0 Å². The van der Waals surface area contributed by atoms with E-state index in [0.717, 1.165) is 42.6 Å². The Morgan fingerprint density at radius 3 is 2.37 bits per heavy atom. The Morgan fingerprint density at radius 1 is 0.878 bits per heavy atom. The van der Waals surface area contributed by atoms with E-state index < -0.39 is 17.1 Å². The van der Waals surface area contributed by atoms with Crippen molar-refractivity contribution < 1.29 is 19.1 Å². The molecule has 2 aromatic carbocycles. The first-order chi connectivity index (χ1) is 19.9. The highest BCUT2D eigenvalue weighted by Gasteiger charge is 2.49. The maximum atomic E-state index is 13.9. The van der Waals surface area contributed by atoms with Gasteiger partial charge in [0.25, 0.3) is 0 Å². The number of hydrogen-bond donors (Lipinski definition) is 4. The fourth-order valence-corrected chi connectivity index (χ4v) is 6.47. The molecule has 0 saturated heterocycles. The van der Waals surface area contributed by atoms with Crippen LogP contribution in [-0.4, -0.2) is 54.5 Å². The van der Waals surface area contributed by atoms with Crippen LogP contribution in [0.5, 0.6) is 5.75 Å². The molecule has 4 N–H and O–H groups in total. The largest absolute Gasteiger partial charge is 0.492 e. The van der Waals surface area contributed by atoms with E-state index in [2.05, 4.69) is 21.3 Å². The van der Waals surface area contributed by atoms with E-state index in [1.54, 1.807) is 12.1 Å². The first-order valence-corrected chi connectivity index (χ1v) is 15.1. The van der Waals surface area contributed by atoms with Gasteiger partial charge in [-0.3, -0.25) is 19.7 Å². The minimum atomic E-state index is -1.05. The number of halogens is 1. The van der Waals surface area contributed by atoms with E-state index in [1.807, 2.05) is 48.6 Å². The Balaban J connectivity index is 1.45. The molecule has 1 heterocycles. The SMILES string of the molecule is O=C1NC/C=C/c2ccccc2OCCNC2(CCCC2)C(=O)NC2(CCCC2)C(=O)N[C@H]1Cc1cccc(Cl)c1. The van der Waals surface area contributed by atoms with Crippen LogP contribution >= 0.6 is 11.6 Å². The number of carbonyl (C=O) groups excluding carboxylic acids is 3. The van der Waals surface area contributed by atoms with Crippen LogP contribution in [0.25, 0.3) is 6.08 Å². The Hall–Kier alpha value is -3.36. The smallest absolute Gasteiger partial charge is 0.246 e. The Kier molecular flexibility index (Phi) is 9.30. The second kappa shape index (κ2) is 13.1. The fraction of sp³-hybridized carbons (Fsp3) is 0.469. The van der Waals surface area contributed by atoms with Crippen LogP contribution in [0.4, 0.5) is 0 Å². The highest BCUT2D eigenvalue weighted by Crippen LogP contribution is 2.34. The van der Waals surface area contributed by atoms with Gasteiger partial charge in [0.05, 0.1) is 5.54 Å². The van der Waals surface area contributed by atoms with Gasteiger partial charge in [0, 0.05) is 30.1 Å². The molecule has 3 amide bonds. The number of nitrogens with one attached hydrogen (secondary N) is 4. The Morgan fingerprint density at radius 2 is 1.61 bits per heavy atom. The van der Waals surface area contributed by atoms with Gasteiger partial charge in [-0.15, -0.1) is 0 Å². The van der Waals surface area contributed by atoms with Crippen LogP contribution in [0.1, 0.15) is 62.5 Å². The maximum Gasteiger partial charge on any atom is 0.246 e. The third kappa shape index (κ3) is 6.93. The van der Waals surface area contributed by atoms with Crippen LogP contribution < -0.4 is 26.0 Å². The number of benzene rings is 2. The molecule has 2 aromatic rings. The van der Waals surface area contributed by atoms with Crippen molar-refractivity contribution in [3.63, 3.8) is 0 Å². The zero-order valence-corrected chi connectivity index (χ0v) is 24.1. The summed E-state index contributed by atoms with van der Waals surface area (Å²) in [6, 6.07) is 14.2. The van der Waals surface area contributed by atoms with Crippen LogP contribution in [0, 0.1) is 0 Å². The minimum Gasteiger partial charge on any atom is -0.492 e. The molecule has 0 radical (unpaired) electrons. The monoisotopic (exact) mass is 578 g/mol. The summed E-state index contributed by atoms with van der Waals surface area (Å²) in [6.07, 6.45) is 10.1. The fourth-order valence-electron chi connectivity index (χ4n) is 6.26. The van der Waals surface area contributed by atoms with E-state index >= 15 is 0 Å². The van der Waals surface area contributed by atoms with E-state index in [0.29, 0.717) is 43.9 Å². The van der Waals surface area contributed by atoms with Crippen molar-refractivity contribution in [3.05, 3.63) is 70.8 Å². The summed E-state index contributed by atoms with van der Waals surface area (Å²) in [7, 11) is 0. The lowest BCUT2D eigenvalue weighted by Gasteiger charge is -2.36. The van der Waals surface area contributed by atoms with Crippen LogP contribution in [0.2, 0.25) is 5.02 Å². The third-order valence-electron chi connectivity index (χ3n) is 8.52. The highest BCUT2D eigenvalue weighted by molar-refractivity contribution is 6.30. The standard InChI is InChI=1S/C32H39ClN4O4/c33-25-12-7-9-23(21-25)22-26-28(38)34-18-8-11-24-10-1-2-13-27(24)41-20-19-35-31(14-3-4-15-31)30(40)37-32(29(39)36-26)16-5-6-17-32/h1-2,7-13,21,26,35H,3-6,14-20,22H2,(H,34,38)(H,36,39)(H,37,40)/b11-8+/t26-/m0/s1. The zero-order chi connectivity index (χ0) is 28.7. The molecule has 2 aliphatic carbocycles. The van der Waals surface area contributed by atoms with E-state index in [4.69, 9.17) is 16.3 Å². The summed E-state index contributed by atoms with van der Waals surface area (Å²) in [6.45, 7) is 1.18. The van der Waals surface area contributed by atoms with Gasteiger partial charge in [0.2, 0.25) is 17.7 Å². The summed E-state index contributed by atoms with van der Waals surface area (Å²) in [5.74, 6) is -0.0270. The maximum absolute atomic E-state index is 13.9. The topological polar surface area (TPSA) is 109 Å². The van der Waals surface area contributed by atoms with Gasteiger partial charge in [-0.05, 0) is 49.4 Å². The van der Waals surface area contributed by atoms with E-state index in [-0.39, 0.29) is 30.7 Å². The average molecular weight is 579 g/mol. The summed E-state index contributed by atoms with van der Waals surface area (Å²) < 4.78 is 6.09. The van der Waals surface area contributed by atoms with Gasteiger partial charge in [0.1, 0.15) is 23.9 Å². The lowest BCUT2D eigenvalue weighted by atomic mass is 9.90. The van der Waals surface area contributed by atoms with Crippen LogP contribution in [0.15, 0.2) is 54.6 Å². The third-order valence-corrected chi connectivity index (χ3v) is 8.76. The Labute approximate surface area is 246 Å². The molecule has 1 aliphatic heterocycles. The molecule has 1 atom stereocenters. The second-order valence-electron chi connectivity index (χ2n) is 11.4. The van der Waals surface area contributed by atoms with Crippen LogP contribution in [-0.2, 0) is 20.8 Å². The number of para-hydroxylation sites is 1. The van der Waals surface area contributed by atoms with E-state index in [1.165, 1.54) is 0 Å². The van der Waals surface area contributed by atoms with Gasteiger partial charge < -0.3 is 20.7 Å². The van der Waals surface area contributed by atoms with Crippen molar-refractivity contribution in [2.75, 3.05) is 19.7 Å². The van der Waals surface area contributed by atoms with Gasteiger partial charge in [-0.1, -0.05) is 79.8 Å². The lowest BCUT2D eigenvalue weighted by Crippen LogP contribution is -2.66.